The number of nitrogens with one attached hydrogen (secondary N) is 2. The van der Waals surface area contributed by atoms with Crippen LogP contribution in [0.2, 0.25) is 0 Å². The average molecular weight is 341 g/mol. The minimum Gasteiger partial charge on any atom is -0.368 e. The summed E-state index contributed by atoms with van der Waals surface area (Å²) in [6.45, 7) is 3.79. The van der Waals surface area contributed by atoms with E-state index < -0.39 is 11.6 Å². The lowest BCUT2D eigenvalue weighted by molar-refractivity contribution is -0.0478. The van der Waals surface area contributed by atoms with Gasteiger partial charge in [0.05, 0.1) is 5.56 Å². The van der Waals surface area contributed by atoms with Gasteiger partial charge >= 0.3 is 5.69 Å². The van der Waals surface area contributed by atoms with E-state index in [-0.39, 0.29) is 36.4 Å². The molecule has 2 aliphatic rings. The summed E-state index contributed by atoms with van der Waals surface area (Å²) in [5.41, 5.74) is -0.0343. The number of hydrogen-bond donors (Lipinski definition) is 2. The molecule has 0 spiro atoms. The quantitative estimate of drug-likeness (QED) is 0.888. The Bertz CT molecular complexity index is 716. The standard InChI is InChI=1S/C17H25F2N3O2/c1-3-10(2)22-15(23)12-4-5-13(20-14(12)21-16(22)24)11-6-8-17(18,19)9-7-11/h10-11,13,20H,3-9H2,1-2H3,(H,21,24)/t10-,13+/m0/s1. The maximum atomic E-state index is 13.3. The predicted octanol–water partition coefficient (Wildman–Crippen LogP) is 3.06. The number of halogens is 2. The molecular weight excluding hydrogens is 316 g/mol. The molecule has 1 aliphatic heterocycles. The van der Waals surface area contributed by atoms with Crippen LogP contribution in [0.25, 0.3) is 0 Å². The lowest BCUT2D eigenvalue weighted by Gasteiger charge is -2.37. The monoisotopic (exact) mass is 341 g/mol. The number of nitrogens with zero attached hydrogens (tertiary/aromatic N) is 1. The fourth-order valence-electron chi connectivity index (χ4n) is 3.90. The van der Waals surface area contributed by atoms with Crippen LogP contribution in [0.4, 0.5) is 14.6 Å². The minimum absolute atomic E-state index is 0.0445. The SMILES string of the molecule is CC[C@H](C)n1c(=O)[nH]c2c(c1=O)CC[C@H](C1CCC(F)(F)CC1)N2. The Hall–Kier alpha value is -1.66. The molecule has 1 aliphatic carbocycles. The molecule has 0 bridgehead atoms. The van der Waals surface area contributed by atoms with E-state index in [1.165, 1.54) is 4.57 Å². The number of alkyl halides is 2. The lowest BCUT2D eigenvalue weighted by Crippen LogP contribution is -2.44. The zero-order chi connectivity index (χ0) is 17.5. The van der Waals surface area contributed by atoms with Crippen LogP contribution in [0.15, 0.2) is 9.59 Å². The Kier molecular flexibility index (Phi) is 4.53. The van der Waals surface area contributed by atoms with Gasteiger partial charge < -0.3 is 5.32 Å². The molecule has 7 heteroatoms. The van der Waals surface area contributed by atoms with Gasteiger partial charge in [-0.05, 0) is 44.9 Å². The van der Waals surface area contributed by atoms with Crippen LogP contribution in [0.3, 0.4) is 0 Å². The van der Waals surface area contributed by atoms with Gasteiger partial charge in [0.15, 0.2) is 0 Å². The summed E-state index contributed by atoms with van der Waals surface area (Å²) in [5.74, 6) is -1.89. The number of aromatic amines is 1. The van der Waals surface area contributed by atoms with Crippen molar-refractivity contribution in [2.75, 3.05) is 5.32 Å². The third kappa shape index (κ3) is 3.13. The number of H-pyrrole nitrogens is 1. The third-order valence-corrected chi connectivity index (χ3v) is 5.63. The summed E-state index contributed by atoms with van der Waals surface area (Å²) in [6, 6.07) is -0.104. The number of hydrogen-bond acceptors (Lipinski definition) is 3. The number of aromatic nitrogens is 2. The van der Waals surface area contributed by atoms with Gasteiger partial charge in [-0.3, -0.25) is 14.3 Å². The molecular formula is C17H25F2N3O2. The van der Waals surface area contributed by atoms with Crippen molar-refractivity contribution in [3.8, 4) is 0 Å². The smallest absolute Gasteiger partial charge is 0.330 e. The van der Waals surface area contributed by atoms with Crippen molar-refractivity contribution in [1.29, 1.82) is 0 Å². The molecule has 1 aromatic heterocycles. The number of rotatable bonds is 3. The molecule has 1 fully saturated rings. The molecule has 0 aromatic carbocycles. The van der Waals surface area contributed by atoms with E-state index in [1.54, 1.807) is 0 Å². The van der Waals surface area contributed by atoms with Gasteiger partial charge in [-0.25, -0.2) is 13.6 Å². The van der Waals surface area contributed by atoms with Crippen molar-refractivity contribution in [3.63, 3.8) is 0 Å². The largest absolute Gasteiger partial charge is 0.368 e. The first-order valence-electron chi connectivity index (χ1n) is 8.84. The summed E-state index contributed by atoms with van der Waals surface area (Å²) in [6.07, 6.45) is 2.83. The molecule has 2 heterocycles. The highest BCUT2D eigenvalue weighted by Gasteiger charge is 2.38. The second-order valence-corrected chi connectivity index (χ2v) is 7.20. The van der Waals surface area contributed by atoms with Gasteiger partial charge in [-0.15, -0.1) is 0 Å². The molecule has 24 heavy (non-hydrogen) atoms. The molecule has 1 aromatic rings. The van der Waals surface area contributed by atoms with E-state index >= 15 is 0 Å². The first kappa shape index (κ1) is 17.2. The van der Waals surface area contributed by atoms with E-state index in [4.69, 9.17) is 0 Å². The third-order valence-electron chi connectivity index (χ3n) is 5.63. The van der Waals surface area contributed by atoms with Crippen LogP contribution in [0.5, 0.6) is 0 Å². The highest BCUT2D eigenvalue weighted by molar-refractivity contribution is 5.46. The van der Waals surface area contributed by atoms with Crippen molar-refractivity contribution < 1.29 is 8.78 Å². The van der Waals surface area contributed by atoms with Crippen LogP contribution in [0.1, 0.15) is 64.0 Å². The Balaban J connectivity index is 1.82. The van der Waals surface area contributed by atoms with Gasteiger partial charge in [0, 0.05) is 24.9 Å². The van der Waals surface area contributed by atoms with E-state index in [1.807, 2.05) is 13.8 Å². The molecule has 0 saturated heterocycles. The molecule has 1 saturated carbocycles. The molecule has 0 radical (unpaired) electrons. The second kappa shape index (κ2) is 6.33. The Morgan fingerprint density at radius 3 is 2.54 bits per heavy atom. The molecule has 134 valence electrons. The highest BCUT2D eigenvalue weighted by atomic mass is 19.3. The van der Waals surface area contributed by atoms with Crippen LogP contribution in [0, 0.1) is 5.92 Å². The average Bonchev–Trinajstić information content (AvgIpc) is 2.54. The molecule has 2 atom stereocenters. The van der Waals surface area contributed by atoms with Crippen molar-refractivity contribution in [1.82, 2.24) is 9.55 Å². The van der Waals surface area contributed by atoms with Crippen LogP contribution >= 0.6 is 0 Å². The van der Waals surface area contributed by atoms with E-state index in [0.29, 0.717) is 37.1 Å². The second-order valence-electron chi connectivity index (χ2n) is 7.20. The fourth-order valence-corrected chi connectivity index (χ4v) is 3.90. The van der Waals surface area contributed by atoms with Crippen molar-refractivity contribution in [2.45, 2.75) is 76.8 Å². The van der Waals surface area contributed by atoms with Gasteiger partial charge in [0.2, 0.25) is 5.92 Å². The Morgan fingerprint density at radius 1 is 1.25 bits per heavy atom. The summed E-state index contributed by atoms with van der Waals surface area (Å²) in [7, 11) is 0. The maximum absolute atomic E-state index is 13.3. The molecule has 0 unspecified atom stereocenters. The van der Waals surface area contributed by atoms with Crippen molar-refractivity contribution in [2.24, 2.45) is 5.92 Å². The summed E-state index contributed by atoms with van der Waals surface area (Å²) in [5, 5.41) is 3.25. The first-order valence-corrected chi connectivity index (χ1v) is 8.84. The summed E-state index contributed by atoms with van der Waals surface area (Å²) in [4.78, 5) is 27.6. The first-order chi connectivity index (χ1) is 11.3. The van der Waals surface area contributed by atoms with Crippen LogP contribution < -0.4 is 16.6 Å². The normalized spacial score (nSPS) is 24.9. The number of anilines is 1. The van der Waals surface area contributed by atoms with Gasteiger partial charge in [0.25, 0.3) is 5.56 Å². The van der Waals surface area contributed by atoms with Crippen molar-refractivity contribution in [3.05, 3.63) is 26.4 Å². The van der Waals surface area contributed by atoms with E-state index in [9.17, 15) is 18.4 Å². The highest BCUT2D eigenvalue weighted by Crippen LogP contribution is 2.39. The van der Waals surface area contributed by atoms with E-state index in [2.05, 4.69) is 10.3 Å². The van der Waals surface area contributed by atoms with E-state index in [0.717, 1.165) is 6.42 Å². The zero-order valence-corrected chi connectivity index (χ0v) is 14.2. The van der Waals surface area contributed by atoms with Gasteiger partial charge in [0.1, 0.15) is 5.82 Å². The number of fused-ring (bicyclic) bond motifs is 1. The molecule has 0 amide bonds. The zero-order valence-electron chi connectivity index (χ0n) is 14.2. The Labute approximate surface area is 139 Å². The van der Waals surface area contributed by atoms with Gasteiger partial charge in [-0.1, -0.05) is 6.92 Å². The maximum Gasteiger partial charge on any atom is 0.330 e. The molecule has 5 nitrogen and oxygen atoms in total. The predicted molar refractivity (Wildman–Crippen MR) is 89.0 cm³/mol. The van der Waals surface area contributed by atoms with Crippen LogP contribution in [-0.2, 0) is 6.42 Å². The molecule has 3 rings (SSSR count). The molecule has 2 N–H and O–H groups in total. The van der Waals surface area contributed by atoms with Gasteiger partial charge in [-0.2, -0.15) is 0 Å². The van der Waals surface area contributed by atoms with Crippen molar-refractivity contribution >= 4 is 5.82 Å². The minimum atomic E-state index is -2.54. The fraction of sp³-hybridized carbons (Fsp3) is 0.765. The lowest BCUT2D eigenvalue weighted by atomic mass is 9.79. The van der Waals surface area contributed by atoms with Crippen LogP contribution in [-0.4, -0.2) is 21.5 Å². The topological polar surface area (TPSA) is 66.9 Å². The summed E-state index contributed by atoms with van der Waals surface area (Å²) >= 11 is 0. The summed E-state index contributed by atoms with van der Waals surface area (Å²) < 4.78 is 27.9. The Morgan fingerprint density at radius 2 is 1.92 bits per heavy atom.